The summed E-state index contributed by atoms with van der Waals surface area (Å²) >= 11 is 0. The van der Waals surface area contributed by atoms with Crippen LogP contribution in [0.2, 0.25) is 0 Å². The fourth-order valence-corrected chi connectivity index (χ4v) is 5.49. The zero-order valence-corrected chi connectivity index (χ0v) is 29.8. The summed E-state index contributed by atoms with van der Waals surface area (Å²) in [6, 6.07) is 0. The van der Waals surface area contributed by atoms with E-state index in [4.69, 9.17) is 37.9 Å². The van der Waals surface area contributed by atoms with E-state index in [0.29, 0.717) is 11.1 Å². The largest absolute Gasteiger partial charge is 0.489 e. The maximum absolute atomic E-state index is 13.5. The Morgan fingerprint density at radius 2 is 0.638 bits per heavy atom. The van der Waals surface area contributed by atoms with E-state index in [0.717, 1.165) is 0 Å². The standard InChI is InChI=1S/C37H52O10/c1-13-23(38)25-29(40-15-3)33(44-19-7)27(34(45-20-8)30(25)41-16-4)37(11,12)28-35(46-21-9)31(42-17-5)26(24(39)14-2)32(43-18-6)36(28)47-22-10/h13-14H,1-2,15-22H2,3-12H3. The molecule has 0 heterocycles. The third-order valence-electron chi connectivity index (χ3n) is 7.06. The maximum Gasteiger partial charge on any atom is 0.193 e. The lowest BCUT2D eigenvalue weighted by molar-refractivity contribution is 0.102. The molecule has 0 amide bonds. The molecule has 0 spiro atoms. The number of allylic oxidation sites excluding steroid dienone is 2. The molecule has 0 atom stereocenters. The van der Waals surface area contributed by atoms with Crippen molar-refractivity contribution in [1.82, 2.24) is 0 Å². The quantitative estimate of drug-likeness (QED) is 0.0915. The van der Waals surface area contributed by atoms with Gasteiger partial charge in [-0.25, -0.2) is 0 Å². The van der Waals surface area contributed by atoms with Crippen LogP contribution in [0.1, 0.15) is 101 Å². The first-order valence-electron chi connectivity index (χ1n) is 16.4. The summed E-state index contributed by atoms with van der Waals surface area (Å²) in [5.41, 5.74) is 0.154. The van der Waals surface area contributed by atoms with Crippen LogP contribution in [0.25, 0.3) is 0 Å². The number of ketones is 2. The van der Waals surface area contributed by atoms with E-state index in [1.54, 1.807) is 0 Å². The van der Waals surface area contributed by atoms with E-state index in [1.165, 1.54) is 12.2 Å². The van der Waals surface area contributed by atoms with E-state index in [-0.39, 0.29) is 110 Å². The summed E-state index contributed by atoms with van der Waals surface area (Å²) in [5.74, 6) is 1.06. The Hall–Kier alpha value is -4.34. The second-order valence-corrected chi connectivity index (χ2v) is 10.4. The Bertz CT molecular complexity index is 1240. The summed E-state index contributed by atoms with van der Waals surface area (Å²) < 4.78 is 50.2. The minimum atomic E-state index is -1.13. The van der Waals surface area contributed by atoms with E-state index >= 15 is 0 Å². The zero-order chi connectivity index (χ0) is 35.3. The number of rotatable bonds is 22. The molecule has 0 aliphatic rings. The van der Waals surface area contributed by atoms with Gasteiger partial charge in [0.25, 0.3) is 0 Å². The fourth-order valence-electron chi connectivity index (χ4n) is 5.49. The predicted molar refractivity (Wildman–Crippen MR) is 183 cm³/mol. The van der Waals surface area contributed by atoms with Gasteiger partial charge in [-0.1, -0.05) is 27.0 Å². The normalized spacial score (nSPS) is 10.9. The van der Waals surface area contributed by atoms with Gasteiger partial charge >= 0.3 is 0 Å². The van der Waals surface area contributed by atoms with Crippen molar-refractivity contribution in [3.63, 3.8) is 0 Å². The Morgan fingerprint density at radius 3 is 0.809 bits per heavy atom. The van der Waals surface area contributed by atoms with Gasteiger partial charge in [0.15, 0.2) is 57.6 Å². The van der Waals surface area contributed by atoms with Crippen molar-refractivity contribution >= 4 is 11.6 Å². The molecule has 0 fully saturated rings. The van der Waals surface area contributed by atoms with Crippen LogP contribution in [0.5, 0.6) is 46.0 Å². The van der Waals surface area contributed by atoms with Crippen molar-refractivity contribution in [2.24, 2.45) is 0 Å². The second kappa shape index (κ2) is 18.1. The Balaban J connectivity index is 3.51. The van der Waals surface area contributed by atoms with Crippen LogP contribution < -0.4 is 37.9 Å². The smallest absolute Gasteiger partial charge is 0.193 e. The fraction of sp³-hybridized carbons (Fsp3) is 0.514. The van der Waals surface area contributed by atoms with Crippen molar-refractivity contribution in [1.29, 1.82) is 0 Å². The molecule has 0 unspecified atom stereocenters. The number of benzene rings is 2. The average molecular weight is 657 g/mol. The van der Waals surface area contributed by atoms with Gasteiger partial charge < -0.3 is 37.9 Å². The van der Waals surface area contributed by atoms with Crippen LogP contribution in [0, 0.1) is 0 Å². The summed E-state index contributed by atoms with van der Waals surface area (Å²) in [6.07, 6.45) is 2.41. The SMILES string of the molecule is C=CC(=O)c1c(OCC)c(OCC)c(C(C)(C)c2c(OCC)c(OCC)c(C(=O)C=C)c(OCC)c2OCC)c(OCC)c1OCC. The van der Waals surface area contributed by atoms with Gasteiger partial charge in [-0.05, 0) is 67.5 Å². The average Bonchev–Trinajstić information content (AvgIpc) is 3.04. The highest BCUT2D eigenvalue weighted by Crippen LogP contribution is 2.60. The molecule has 260 valence electrons. The van der Waals surface area contributed by atoms with Gasteiger partial charge in [-0.15, -0.1) is 0 Å². The molecule has 0 N–H and O–H groups in total. The topological polar surface area (TPSA) is 108 Å². The minimum absolute atomic E-state index is 0.141. The summed E-state index contributed by atoms with van der Waals surface area (Å²) in [4.78, 5) is 27.0. The molecule has 0 aliphatic heterocycles. The first-order chi connectivity index (χ1) is 22.6. The maximum atomic E-state index is 13.5. The van der Waals surface area contributed by atoms with E-state index < -0.39 is 17.0 Å². The number of hydrogen-bond acceptors (Lipinski definition) is 10. The van der Waals surface area contributed by atoms with Gasteiger partial charge in [0.1, 0.15) is 11.1 Å². The van der Waals surface area contributed by atoms with Crippen LogP contribution in [-0.4, -0.2) is 64.4 Å². The Morgan fingerprint density at radius 1 is 0.447 bits per heavy atom. The van der Waals surface area contributed by atoms with Crippen molar-refractivity contribution in [2.45, 2.75) is 74.7 Å². The summed E-state index contributed by atoms with van der Waals surface area (Å²) in [7, 11) is 0. The lowest BCUT2D eigenvalue weighted by atomic mass is 9.74. The van der Waals surface area contributed by atoms with Crippen LogP contribution in [0.15, 0.2) is 25.3 Å². The molecular weight excluding hydrogens is 604 g/mol. The summed E-state index contributed by atoms with van der Waals surface area (Å²) in [5, 5.41) is 0. The molecular formula is C37H52O10. The predicted octanol–water partition coefficient (Wildman–Crippen LogP) is 7.94. The molecule has 0 bridgehead atoms. The number of carbonyl (C=O) groups excluding carboxylic acids is 2. The van der Waals surface area contributed by atoms with Gasteiger partial charge in [-0.2, -0.15) is 0 Å². The monoisotopic (exact) mass is 656 g/mol. The molecule has 0 saturated carbocycles. The van der Waals surface area contributed by atoms with Gasteiger partial charge in [-0.3, -0.25) is 9.59 Å². The van der Waals surface area contributed by atoms with E-state index in [2.05, 4.69) is 13.2 Å². The molecule has 2 aromatic carbocycles. The second-order valence-electron chi connectivity index (χ2n) is 10.4. The first-order valence-corrected chi connectivity index (χ1v) is 16.4. The molecule has 0 aliphatic carbocycles. The molecule has 0 radical (unpaired) electrons. The van der Waals surface area contributed by atoms with Gasteiger partial charge in [0, 0.05) is 5.41 Å². The van der Waals surface area contributed by atoms with Crippen LogP contribution in [0.4, 0.5) is 0 Å². The van der Waals surface area contributed by atoms with Gasteiger partial charge in [0.2, 0.25) is 0 Å². The number of hydrogen-bond donors (Lipinski definition) is 0. The minimum Gasteiger partial charge on any atom is -0.489 e. The Kier molecular flexibility index (Phi) is 15.0. The van der Waals surface area contributed by atoms with Crippen molar-refractivity contribution in [3.05, 3.63) is 47.6 Å². The molecule has 47 heavy (non-hydrogen) atoms. The first kappa shape index (κ1) is 38.8. The lowest BCUT2D eigenvalue weighted by Gasteiger charge is -2.36. The molecule has 10 heteroatoms. The molecule has 2 aromatic rings. The summed E-state index contributed by atoms with van der Waals surface area (Å²) in [6.45, 7) is 27.8. The van der Waals surface area contributed by atoms with Crippen LogP contribution in [-0.2, 0) is 5.41 Å². The third kappa shape index (κ3) is 7.80. The number of carbonyl (C=O) groups is 2. The molecule has 0 saturated heterocycles. The molecule has 2 rings (SSSR count). The van der Waals surface area contributed by atoms with Crippen molar-refractivity contribution in [2.75, 3.05) is 52.9 Å². The zero-order valence-electron chi connectivity index (χ0n) is 29.8. The van der Waals surface area contributed by atoms with Crippen LogP contribution >= 0.6 is 0 Å². The number of ether oxygens (including phenoxy) is 8. The van der Waals surface area contributed by atoms with Crippen molar-refractivity contribution in [3.8, 4) is 46.0 Å². The van der Waals surface area contributed by atoms with E-state index in [1.807, 2.05) is 69.2 Å². The third-order valence-corrected chi connectivity index (χ3v) is 7.06. The van der Waals surface area contributed by atoms with Crippen LogP contribution in [0.3, 0.4) is 0 Å². The Labute approximate surface area is 279 Å². The highest BCUT2D eigenvalue weighted by molar-refractivity contribution is 6.11. The highest BCUT2D eigenvalue weighted by atomic mass is 16.5. The molecule has 0 aromatic heterocycles. The lowest BCUT2D eigenvalue weighted by Crippen LogP contribution is -2.27. The van der Waals surface area contributed by atoms with E-state index in [9.17, 15) is 9.59 Å². The van der Waals surface area contributed by atoms with Crippen molar-refractivity contribution < 1.29 is 47.5 Å². The van der Waals surface area contributed by atoms with Gasteiger partial charge in [0.05, 0.1) is 64.0 Å². The highest BCUT2D eigenvalue weighted by Gasteiger charge is 2.45. The molecule has 10 nitrogen and oxygen atoms in total.